The number of ketones is 2. The number of hydrogen-bond donors (Lipinski definition) is 0. The van der Waals surface area contributed by atoms with Gasteiger partial charge in [0.15, 0.2) is 23.1 Å². The van der Waals surface area contributed by atoms with Crippen molar-refractivity contribution in [3.05, 3.63) is 58.5 Å². The second-order valence-corrected chi connectivity index (χ2v) is 8.54. The van der Waals surface area contributed by atoms with E-state index in [4.69, 9.17) is 11.6 Å². The first-order chi connectivity index (χ1) is 15.3. The molecule has 0 radical (unpaired) electrons. The molecule has 164 valence electrons. The van der Waals surface area contributed by atoms with Gasteiger partial charge in [-0.2, -0.15) is 0 Å². The molecule has 32 heavy (non-hydrogen) atoms. The first kappa shape index (κ1) is 20.7. The summed E-state index contributed by atoms with van der Waals surface area (Å²) in [5.74, 6) is -3.82. The standard InChI is InChI=1S/C22H17ClF2N4O3/c1-10-8-14(9-28-20(10)26-27-21(28)19(24)25)29-16(11-4-6-13(23)7-5-11)18(31)15(22(29)32)17(30)12-2-3-12/h4-9,12,15-16,19H,2-3H2,1H3. The molecular formula is C22H17ClF2N4O3. The molecule has 0 spiro atoms. The zero-order valence-corrected chi connectivity index (χ0v) is 17.6. The number of aromatic nitrogens is 3. The van der Waals surface area contributed by atoms with Gasteiger partial charge in [-0.3, -0.25) is 23.7 Å². The van der Waals surface area contributed by atoms with Crippen molar-refractivity contribution in [2.24, 2.45) is 11.8 Å². The van der Waals surface area contributed by atoms with Crippen LogP contribution < -0.4 is 4.90 Å². The summed E-state index contributed by atoms with van der Waals surface area (Å²) in [6.07, 6.45) is -0.260. The Balaban J connectivity index is 1.67. The maximum absolute atomic E-state index is 13.4. The van der Waals surface area contributed by atoms with E-state index in [-0.39, 0.29) is 23.0 Å². The Kier molecular flexibility index (Phi) is 4.81. The number of carbonyl (C=O) groups is 3. The van der Waals surface area contributed by atoms with Crippen molar-refractivity contribution in [2.75, 3.05) is 4.90 Å². The van der Waals surface area contributed by atoms with E-state index < -0.39 is 35.9 Å². The Morgan fingerprint density at radius 3 is 2.47 bits per heavy atom. The number of benzene rings is 1. The predicted octanol–water partition coefficient (Wildman–Crippen LogP) is 3.88. The lowest BCUT2D eigenvalue weighted by molar-refractivity contribution is -0.136. The summed E-state index contributed by atoms with van der Waals surface area (Å²) >= 11 is 5.98. The number of nitrogens with zero attached hydrogens (tertiary/aromatic N) is 4. The van der Waals surface area contributed by atoms with Crippen LogP contribution in [0.4, 0.5) is 14.5 Å². The minimum atomic E-state index is -2.88. The number of alkyl halides is 2. The topological polar surface area (TPSA) is 84.6 Å². The fraction of sp³-hybridized carbons (Fsp3) is 0.318. The van der Waals surface area contributed by atoms with E-state index in [9.17, 15) is 23.2 Å². The van der Waals surface area contributed by atoms with E-state index in [1.54, 1.807) is 37.3 Å². The van der Waals surface area contributed by atoms with Gasteiger partial charge in [0.1, 0.15) is 6.04 Å². The summed E-state index contributed by atoms with van der Waals surface area (Å²) in [4.78, 5) is 40.8. The van der Waals surface area contributed by atoms with Gasteiger partial charge in [-0.25, -0.2) is 8.78 Å². The predicted molar refractivity (Wildman–Crippen MR) is 111 cm³/mol. The normalized spacial score (nSPS) is 21.2. The van der Waals surface area contributed by atoms with Crippen LogP contribution in [0.25, 0.3) is 5.65 Å². The highest BCUT2D eigenvalue weighted by Gasteiger charge is 2.54. The highest BCUT2D eigenvalue weighted by atomic mass is 35.5. The van der Waals surface area contributed by atoms with Gasteiger partial charge >= 0.3 is 0 Å². The molecule has 5 rings (SSSR count). The van der Waals surface area contributed by atoms with Gasteiger partial charge in [-0.05, 0) is 49.1 Å². The molecule has 1 aliphatic heterocycles. The summed E-state index contributed by atoms with van der Waals surface area (Å²) in [5, 5.41) is 7.79. The molecule has 7 nitrogen and oxygen atoms in total. The van der Waals surface area contributed by atoms with Crippen LogP contribution in [0, 0.1) is 18.8 Å². The van der Waals surface area contributed by atoms with E-state index in [1.165, 1.54) is 11.1 Å². The monoisotopic (exact) mass is 458 g/mol. The first-order valence-electron chi connectivity index (χ1n) is 10.1. The highest BCUT2D eigenvalue weighted by Crippen LogP contribution is 2.42. The smallest absolute Gasteiger partial charge is 0.297 e. The van der Waals surface area contributed by atoms with E-state index in [0.29, 0.717) is 29.0 Å². The lowest BCUT2D eigenvalue weighted by Gasteiger charge is -2.24. The maximum Gasteiger partial charge on any atom is 0.297 e. The highest BCUT2D eigenvalue weighted by molar-refractivity contribution is 6.31. The third-order valence-electron chi connectivity index (χ3n) is 5.92. The Morgan fingerprint density at radius 2 is 1.84 bits per heavy atom. The van der Waals surface area contributed by atoms with Crippen molar-refractivity contribution in [3.8, 4) is 0 Å². The molecule has 2 aromatic heterocycles. The van der Waals surface area contributed by atoms with Crippen molar-refractivity contribution in [3.63, 3.8) is 0 Å². The van der Waals surface area contributed by atoms with Crippen molar-refractivity contribution in [2.45, 2.75) is 32.2 Å². The molecule has 1 aromatic carbocycles. The summed E-state index contributed by atoms with van der Waals surface area (Å²) in [6, 6.07) is 6.92. The van der Waals surface area contributed by atoms with Crippen molar-refractivity contribution >= 4 is 40.4 Å². The second kappa shape index (κ2) is 7.44. The molecular weight excluding hydrogens is 442 g/mol. The summed E-state index contributed by atoms with van der Waals surface area (Å²) in [6.45, 7) is 1.65. The van der Waals surface area contributed by atoms with Crippen LogP contribution in [0.1, 0.15) is 42.3 Å². The molecule has 1 amide bonds. The van der Waals surface area contributed by atoms with Crippen LogP contribution in [0.3, 0.4) is 0 Å². The van der Waals surface area contributed by atoms with E-state index in [0.717, 1.165) is 4.40 Å². The number of fused-ring (bicyclic) bond motifs is 1. The number of halogens is 3. The molecule has 0 N–H and O–H groups in total. The number of carbonyl (C=O) groups excluding carboxylic acids is 3. The fourth-order valence-electron chi connectivity index (χ4n) is 4.21. The fourth-order valence-corrected chi connectivity index (χ4v) is 4.34. The molecule has 2 unspecified atom stereocenters. The van der Waals surface area contributed by atoms with Crippen LogP contribution in [-0.4, -0.2) is 32.1 Å². The molecule has 10 heteroatoms. The largest absolute Gasteiger partial charge is 0.298 e. The maximum atomic E-state index is 13.4. The Morgan fingerprint density at radius 1 is 1.16 bits per heavy atom. The zero-order valence-electron chi connectivity index (χ0n) is 16.8. The zero-order chi connectivity index (χ0) is 22.7. The average molecular weight is 459 g/mol. The SMILES string of the molecule is Cc1cc(N2C(=O)C(C(=O)C3CC3)C(=O)C2c2ccc(Cl)cc2)cn2c(C(F)F)nnc12. The molecule has 3 heterocycles. The average Bonchev–Trinajstić information content (AvgIpc) is 3.45. The van der Waals surface area contributed by atoms with Gasteiger partial charge in [0.2, 0.25) is 11.7 Å². The number of pyridine rings is 1. The van der Waals surface area contributed by atoms with E-state index in [1.807, 2.05) is 0 Å². The van der Waals surface area contributed by atoms with Crippen LogP contribution in [0.15, 0.2) is 36.5 Å². The Labute approximate surface area is 186 Å². The van der Waals surface area contributed by atoms with Crippen LogP contribution in [0.5, 0.6) is 0 Å². The van der Waals surface area contributed by atoms with Crippen LogP contribution >= 0.6 is 11.6 Å². The molecule has 3 aromatic rings. The summed E-state index contributed by atoms with van der Waals surface area (Å²) in [5.41, 5.74) is 1.40. The van der Waals surface area contributed by atoms with E-state index >= 15 is 0 Å². The quantitative estimate of drug-likeness (QED) is 0.542. The summed E-state index contributed by atoms with van der Waals surface area (Å²) < 4.78 is 28.0. The third kappa shape index (κ3) is 3.19. The number of hydrogen-bond acceptors (Lipinski definition) is 5. The molecule has 2 fully saturated rings. The molecule has 1 aliphatic carbocycles. The van der Waals surface area contributed by atoms with Gasteiger partial charge in [0.25, 0.3) is 6.43 Å². The summed E-state index contributed by atoms with van der Waals surface area (Å²) in [7, 11) is 0. The number of rotatable bonds is 5. The minimum absolute atomic E-state index is 0.209. The lowest BCUT2D eigenvalue weighted by Crippen LogP contribution is -2.32. The van der Waals surface area contributed by atoms with Crippen molar-refractivity contribution in [1.29, 1.82) is 0 Å². The van der Waals surface area contributed by atoms with Gasteiger partial charge < -0.3 is 0 Å². The van der Waals surface area contributed by atoms with Crippen molar-refractivity contribution in [1.82, 2.24) is 14.6 Å². The second-order valence-electron chi connectivity index (χ2n) is 8.11. The number of aryl methyl sites for hydroxylation is 1. The third-order valence-corrected chi connectivity index (χ3v) is 6.17. The lowest BCUT2D eigenvalue weighted by atomic mass is 9.93. The van der Waals surface area contributed by atoms with E-state index in [2.05, 4.69) is 10.2 Å². The Hall–Kier alpha value is -3.20. The van der Waals surface area contributed by atoms with Gasteiger partial charge in [0.05, 0.1) is 5.69 Å². The minimum Gasteiger partial charge on any atom is -0.298 e. The molecule has 1 saturated heterocycles. The van der Waals surface area contributed by atoms with Crippen LogP contribution in [0.2, 0.25) is 5.02 Å². The first-order valence-corrected chi connectivity index (χ1v) is 10.4. The van der Waals surface area contributed by atoms with Gasteiger partial charge in [-0.1, -0.05) is 23.7 Å². The number of Topliss-reactive ketones (excluding diaryl/α,β-unsaturated/α-hetero) is 2. The van der Waals surface area contributed by atoms with Crippen molar-refractivity contribution < 1.29 is 23.2 Å². The Bertz CT molecular complexity index is 1270. The molecule has 0 bridgehead atoms. The molecule has 2 atom stereocenters. The number of amides is 1. The molecule has 1 saturated carbocycles. The van der Waals surface area contributed by atoms with Gasteiger partial charge in [-0.15, -0.1) is 10.2 Å². The molecule has 2 aliphatic rings. The van der Waals surface area contributed by atoms with Gasteiger partial charge in [0, 0.05) is 17.1 Å². The van der Waals surface area contributed by atoms with Crippen LogP contribution in [-0.2, 0) is 14.4 Å². The number of anilines is 1.